The summed E-state index contributed by atoms with van der Waals surface area (Å²) in [7, 11) is -3.67. The number of fused-ring (bicyclic) bond motifs is 3. The maximum atomic E-state index is 13.9. The van der Waals surface area contributed by atoms with Crippen LogP contribution in [-0.4, -0.2) is 102 Å². The number of aliphatic carboxylic acids is 1. The van der Waals surface area contributed by atoms with Crippen molar-refractivity contribution in [2.75, 3.05) is 47.9 Å². The van der Waals surface area contributed by atoms with Crippen LogP contribution in [0.25, 0.3) is 32.3 Å². The second-order valence-corrected chi connectivity index (χ2v) is 21.4. The average Bonchev–Trinajstić information content (AvgIpc) is 3.99. The molecular weight excluding hydrogens is 936 g/mol. The zero-order valence-corrected chi connectivity index (χ0v) is 38.5. The maximum absolute atomic E-state index is 13.9. The number of halogens is 1. The molecule has 6 aliphatic rings. The number of carboxylic acid groups (broad SMARTS) is 2. The number of anilines is 3. The highest BCUT2D eigenvalue weighted by Crippen LogP contribution is 2.48. The minimum Gasteiger partial charge on any atom is -0.479 e. The van der Waals surface area contributed by atoms with Gasteiger partial charge in [-0.25, -0.2) is 22.3 Å². The van der Waals surface area contributed by atoms with E-state index in [1.807, 2.05) is 30.3 Å². The summed E-state index contributed by atoms with van der Waals surface area (Å²) >= 11 is 7.43. The number of thiophene rings is 1. The molecule has 3 atom stereocenters. The summed E-state index contributed by atoms with van der Waals surface area (Å²) in [5.74, 6) is -3.58. The summed E-state index contributed by atoms with van der Waals surface area (Å²) in [5.41, 5.74) is 5.52. The summed E-state index contributed by atoms with van der Waals surface area (Å²) in [6, 6.07) is 22.1. The number of benzene rings is 4. The van der Waals surface area contributed by atoms with E-state index >= 15 is 0 Å². The molecule has 1 saturated carbocycles. The Kier molecular flexibility index (Phi) is 10.9. The second-order valence-electron chi connectivity index (χ2n) is 18.1. The van der Waals surface area contributed by atoms with E-state index in [1.54, 1.807) is 45.6 Å². The molecule has 4 saturated heterocycles. The first-order valence-electron chi connectivity index (χ1n) is 22.3. The number of aromatic nitrogens is 1. The molecule has 4 N–H and O–H groups in total. The molecule has 17 nitrogen and oxygen atoms in total. The summed E-state index contributed by atoms with van der Waals surface area (Å²) in [4.78, 5) is 70.0. The van der Waals surface area contributed by atoms with Gasteiger partial charge in [-0.3, -0.25) is 24.6 Å². The van der Waals surface area contributed by atoms with E-state index in [4.69, 9.17) is 30.8 Å². The molecule has 68 heavy (non-hydrogen) atoms. The van der Waals surface area contributed by atoms with Crippen LogP contribution in [0.5, 0.6) is 5.75 Å². The molecule has 2 bridgehead atoms. The predicted octanol–water partition coefficient (Wildman–Crippen LogP) is 6.94. The number of rotatable bonds is 13. The number of carboxylic acids is 2. The van der Waals surface area contributed by atoms with Gasteiger partial charge in [0, 0.05) is 55.3 Å². The largest absolute Gasteiger partial charge is 0.479 e. The van der Waals surface area contributed by atoms with E-state index in [0.717, 1.165) is 52.6 Å². The molecule has 12 rings (SSSR count). The van der Waals surface area contributed by atoms with Crippen LogP contribution in [0.2, 0.25) is 5.02 Å². The molecule has 20 heteroatoms. The van der Waals surface area contributed by atoms with Crippen LogP contribution in [0, 0.1) is 11.8 Å². The molecule has 1 aliphatic carbocycles. The SMILES string of the molecule is O=C(O)COc1c(C(=O)O)sc(-c2cccc(NC3C4CC3CN(S(=O)(=O)Cc3ccc5oc(N6CCC(c7ccc8c9c(cccc79)C(=O)N8C7CCC(=O)NC7=O)CC6)nc5c3)C4)c2)c1Cl. The van der Waals surface area contributed by atoms with E-state index in [-0.39, 0.29) is 69.9 Å². The van der Waals surface area contributed by atoms with Gasteiger partial charge in [-0.2, -0.15) is 4.98 Å². The van der Waals surface area contributed by atoms with Crippen LogP contribution in [0.4, 0.5) is 17.4 Å². The lowest BCUT2D eigenvalue weighted by molar-refractivity contribution is -0.139. The molecule has 3 unspecified atom stereocenters. The highest BCUT2D eigenvalue weighted by atomic mass is 35.5. The molecule has 5 aliphatic heterocycles. The summed E-state index contributed by atoms with van der Waals surface area (Å²) in [6.07, 6.45) is 2.95. The van der Waals surface area contributed by atoms with Crippen molar-refractivity contribution in [1.29, 1.82) is 0 Å². The lowest BCUT2D eigenvalue weighted by Gasteiger charge is -2.53. The van der Waals surface area contributed by atoms with Gasteiger partial charge in [0.15, 0.2) is 22.8 Å². The molecule has 7 heterocycles. The quantitative estimate of drug-likeness (QED) is 0.0861. The van der Waals surface area contributed by atoms with Gasteiger partial charge in [-0.15, -0.1) is 11.3 Å². The Bertz CT molecular complexity index is 3230. The first kappa shape index (κ1) is 44.0. The number of oxazole rings is 1. The number of piperidine rings is 4. The van der Waals surface area contributed by atoms with E-state index in [2.05, 4.69) is 21.6 Å². The highest BCUT2D eigenvalue weighted by Gasteiger charge is 2.49. The van der Waals surface area contributed by atoms with Gasteiger partial charge in [0.25, 0.3) is 11.9 Å². The summed E-state index contributed by atoms with van der Waals surface area (Å²) in [6.45, 7) is 1.34. The Labute approximate surface area is 397 Å². The topological polar surface area (TPSA) is 229 Å². The first-order chi connectivity index (χ1) is 32.7. The Morgan fingerprint density at radius 1 is 0.971 bits per heavy atom. The maximum Gasteiger partial charge on any atom is 0.349 e. The number of hydrogen-bond donors (Lipinski definition) is 4. The standard InChI is InChI=1S/C48H43ClN6O11S2/c49-40-42(65-22-38(57)58)44(47(61)62)67-43(40)26-3-1-4-29(19-26)50-41-27-18-28(41)21-54(20-27)68(63,64)23-24-7-11-36-33(17-24)51-48(66-36)53-15-13-25(14-16-53)30-8-9-34-39-31(30)5-2-6-32(39)46(60)55(34)35-10-12-37(56)52-45(35)59/h1-9,11,17,19,25,27-28,35,41,50H,10,12-16,18,20-23H2,(H,57,58)(H,61,62)(H,52,56,59). The zero-order valence-electron chi connectivity index (χ0n) is 36.1. The Balaban J connectivity index is 0.721. The van der Waals surface area contributed by atoms with Crippen LogP contribution in [0.1, 0.15) is 69.2 Å². The number of amides is 3. The number of carbonyl (C=O) groups excluding carboxylic acids is 3. The number of sulfonamides is 1. The molecule has 2 aromatic heterocycles. The highest BCUT2D eigenvalue weighted by molar-refractivity contribution is 7.88. The molecule has 3 amide bonds. The molecule has 6 aromatic rings. The number of nitrogens with zero attached hydrogens (tertiary/aromatic N) is 4. The zero-order chi connectivity index (χ0) is 47.2. The lowest BCUT2D eigenvalue weighted by atomic mass is 9.67. The molecule has 5 fully saturated rings. The Morgan fingerprint density at radius 3 is 2.50 bits per heavy atom. The van der Waals surface area contributed by atoms with Crippen LogP contribution >= 0.6 is 22.9 Å². The first-order valence-corrected chi connectivity index (χ1v) is 25.1. The van der Waals surface area contributed by atoms with Crippen molar-refractivity contribution in [3.8, 4) is 16.2 Å². The smallest absolute Gasteiger partial charge is 0.349 e. The van der Waals surface area contributed by atoms with Gasteiger partial charge in [-0.05, 0) is 102 Å². The number of aromatic carboxylic acids is 1. The fraction of sp³-hybridized carbons (Fsp3) is 0.333. The fourth-order valence-corrected chi connectivity index (χ4v) is 13.8. The number of ether oxygens (including phenoxy) is 1. The van der Waals surface area contributed by atoms with Crippen LogP contribution in [0.15, 0.2) is 77.2 Å². The van der Waals surface area contributed by atoms with Crippen molar-refractivity contribution < 1.29 is 51.8 Å². The third kappa shape index (κ3) is 7.70. The van der Waals surface area contributed by atoms with Crippen molar-refractivity contribution in [2.24, 2.45) is 11.8 Å². The van der Waals surface area contributed by atoms with Crippen molar-refractivity contribution in [3.05, 3.63) is 99.4 Å². The van der Waals surface area contributed by atoms with Gasteiger partial charge in [0.05, 0.1) is 16.3 Å². The third-order valence-corrected chi connectivity index (χ3v) is 17.4. The number of imide groups is 1. The minimum atomic E-state index is -3.67. The fourth-order valence-electron chi connectivity index (χ4n) is 10.7. The van der Waals surface area contributed by atoms with Crippen molar-refractivity contribution in [3.63, 3.8) is 0 Å². The monoisotopic (exact) mass is 978 g/mol. The molecule has 350 valence electrons. The van der Waals surface area contributed by atoms with Gasteiger partial charge in [0.1, 0.15) is 16.6 Å². The lowest BCUT2D eigenvalue weighted by Crippen LogP contribution is -2.62. The van der Waals surface area contributed by atoms with E-state index < -0.39 is 40.5 Å². The molecular formula is C48H43ClN6O11S2. The van der Waals surface area contributed by atoms with Gasteiger partial charge >= 0.3 is 11.9 Å². The van der Waals surface area contributed by atoms with E-state index in [0.29, 0.717) is 70.5 Å². The summed E-state index contributed by atoms with van der Waals surface area (Å²) in [5, 5.41) is 26.5. The number of hydrogen-bond acceptors (Lipinski definition) is 13. The Hall–Kier alpha value is -6.54. The Morgan fingerprint density at radius 2 is 1.75 bits per heavy atom. The third-order valence-electron chi connectivity index (χ3n) is 14.0. The van der Waals surface area contributed by atoms with Gasteiger partial charge in [0.2, 0.25) is 21.8 Å². The minimum absolute atomic E-state index is 0.0169. The van der Waals surface area contributed by atoms with Crippen molar-refractivity contribution in [2.45, 2.75) is 55.9 Å². The predicted molar refractivity (Wildman–Crippen MR) is 253 cm³/mol. The normalized spacial score (nSPS) is 21.9. The van der Waals surface area contributed by atoms with E-state index in [9.17, 15) is 37.5 Å². The number of carbonyl (C=O) groups is 5. The van der Waals surface area contributed by atoms with Gasteiger partial charge < -0.3 is 29.6 Å². The number of nitrogens with one attached hydrogen (secondary N) is 2. The molecule has 0 spiro atoms. The van der Waals surface area contributed by atoms with Crippen molar-refractivity contribution >= 4 is 102 Å². The van der Waals surface area contributed by atoms with Gasteiger partial charge in [-0.1, -0.05) is 48.0 Å². The van der Waals surface area contributed by atoms with Crippen LogP contribution in [0.3, 0.4) is 0 Å². The van der Waals surface area contributed by atoms with Crippen LogP contribution in [-0.2, 0) is 30.2 Å². The summed E-state index contributed by atoms with van der Waals surface area (Å²) < 4.78 is 40.8. The molecule has 0 radical (unpaired) electrons. The molecule has 4 aromatic carbocycles. The van der Waals surface area contributed by atoms with E-state index in [1.165, 1.54) is 0 Å². The van der Waals surface area contributed by atoms with Crippen LogP contribution < -0.4 is 25.2 Å². The second kappa shape index (κ2) is 16.9. The average molecular weight is 979 g/mol. The van der Waals surface area contributed by atoms with Crippen molar-refractivity contribution in [1.82, 2.24) is 14.6 Å².